The summed E-state index contributed by atoms with van der Waals surface area (Å²) < 4.78 is 1.17. The predicted molar refractivity (Wildman–Crippen MR) is 54.4 cm³/mol. The van der Waals surface area contributed by atoms with Gasteiger partial charge >= 0.3 is 0 Å². The van der Waals surface area contributed by atoms with Crippen LogP contribution in [-0.2, 0) is 0 Å². The van der Waals surface area contributed by atoms with Crippen molar-refractivity contribution in [1.29, 1.82) is 0 Å². The number of thioether (sulfide) groups is 1. The number of halogens is 1. The van der Waals surface area contributed by atoms with Gasteiger partial charge in [0.05, 0.1) is 0 Å². The molecule has 0 fully saturated rings. The molecule has 0 spiro atoms. The van der Waals surface area contributed by atoms with Crippen LogP contribution in [0.2, 0.25) is 0 Å². The van der Waals surface area contributed by atoms with Crippen molar-refractivity contribution in [2.75, 3.05) is 3.76 Å². The van der Waals surface area contributed by atoms with Crippen molar-refractivity contribution in [3.05, 3.63) is 0 Å². The minimum absolute atomic E-state index is 0.523. The highest BCUT2D eigenvalue weighted by molar-refractivity contribution is 14.1. The first-order chi connectivity index (χ1) is 3.68. The fourth-order valence-corrected chi connectivity index (χ4v) is 2.68. The lowest BCUT2D eigenvalue weighted by Crippen LogP contribution is -2.08. The van der Waals surface area contributed by atoms with E-state index in [4.69, 9.17) is 0 Å². The molecule has 0 amide bonds. The Kier molecular flexibility index (Phi) is 6.17. The zero-order valence-electron chi connectivity index (χ0n) is 5.10. The molecule has 0 aromatic carbocycles. The second kappa shape index (κ2) is 5.23. The Morgan fingerprint density at radius 3 is 2.25 bits per heavy atom. The van der Waals surface area contributed by atoms with Crippen molar-refractivity contribution in [3.8, 4) is 0 Å². The monoisotopic (exact) mass is 262 g/mol. The summed E-state index contributed by atoms with van der Waals surface area (Å²) in [6.07, 6.45) is 0. The van der Waals surface area contributed by atoms with E-state index in [0.717, 1.165) is 0 Å². The van der Waals surface area contributed by atoms with Crippen molar-refractivity contribution in [3.63, 3.8) is 0 Å². The lowest BCUT2D eigenvalue weighted by Gasteiger charge is -2.11. The topological polar surface area (TPSA) is 0 Å². The van der Waals surface area contributed by atoms with Gasteiger partial charge < -0.3 is 0 Å². The fraction of sp³-hybridized carbons (Fsp3) is 1.00. The van der Waals surface area contributed by atoms with Crippen LogP contribution < -0.4 is 0 Å². The summed E-state index contributed by atoms with van der Waals surface area (Å²) in [5.41, 5.74) is 0. The maximum Gasteiger partial charge on any atom is 0.0457 e. The first-order valence-corrected chi connectivity index (χ1v) is 5.63. The van der Waals surface area contributed by atoms with Crippen molar-refractivity contribution >= 4 is 47.0 Å². The number of hydrogen-bond acceptors (Lipinski definition) is 2. The van der Waals surface area contributed by atoms with Gasteiger partial charge in [-0.3, -0.25) is 0 Å². The highest BCUT2D eigenvalue weighted by atomic mass is 127. The van der Waals surface area contributed by atoms with E-state index in [0.29, 0.717) is 10.5 Å². The Morgan fingerprint density at radius 1 is 1.62 bits per heavy atom. The van der Waals surface area contributed by atoms with Crippen molar-refractivity contribution in [2.45, 2.75) is 24.3 Å². The van der Waals surface area contributed by atoms with Crippen LogP contribution in [0.3, 0.4) is 0 Å². The zero-order valence-corrected chi connectivity index (χ0v) is 8.96. The van der Waals surface area contributed by atoms with Crippen molar-refractivity contribution in [1.82, 2.24) is 0 Å². The maximum absolute atomic E-state index is 4.30. The Balaban J connectivity index is 3.17. The second-order valence-electron chi connectivity index (χ2n) is 1.72. The van der Waals surface area contributed by atoms with Gasteiger partial charge in [-0.2, -0.15) is 12.6 Å². The largest absolute Gasteiger partial charge is 0.175 e. The number of thiol groups is 1. The van der Waals surface area contributed by atoms with E-state index in [9.17, 15) is 0 Å². The minimum Gasteiger partial charge on any atom is -0.175 e. The van der Waals surface area contributed by atoms with Crippen LogP contribution in [0.1, 0.15) is 13.8 Å². The molecule has 0 nitrogen and oxygen atoms in total. The summed E-state index contributed by atoms with van der Waals surface area (Å²) in [7, 11) is 0. The van der Waals surface area contributed by atoms with E-state index in [-0.39, 0.29) is 0 Å². The number of rotatable bonds is 3. The molecule has 0 aromatic rings. The third-order valence-electron chi connectivity index (χ3n) is 1.01. The highest BCUT2D eigenvalue weighted by Crippen LogP contribution is 2.19. The van der Waals surface area contributed by atoms with E-state index in [2.05, 4.69) is 49.1 Å². The molecular weight excluding hydrogens is 251 g/mol. The molecular formula is C5H11IS2. The Hall–Kier alpha value is 1.43. The smallest absolute Gasteiger partial charge is 0.0457 e. The maximum atomic E-state index is 4.30. The molecule has 0 radical (unpaired) electrons. The standard InChI is InChI=1S/C5H11IS2/c1-4(7)5(2)8-3-6/h4-5,7H,3H2,1-2H3. The van der Waals surface area contributed by atoms with Gasteiger partial charge in [0, 0.05) is 14.3 Å². The van der Waals surface area contributed by atoms with E-state index in [1.807, 2.05) is 11.8 Å². The SMILES string of the molecule is CC(S)C(C)SCI. The normalized spacial score (nSPS) is 18.0. The number of hydrogen-bond donors (Lipinski definition) is 1. The summed E-state index contributed by atoms with van der Waals surface area (Å²) in [6.45, 7) is 4.34. The van der Waals surface area contributed by atoms with Crippen LogP contribution in [0, 0.1) is 0 Å². The molecule has 2 unspecified atom stereocenters. The van der Waals surface area contributed by atoms with Crippen LogP contribution in [0.25, 0.3) is 0 Å². The Bertz CT molecular complexity index is 56.4. The highest BCUT2D eigenvalue weighted by Gasteiger charge is 2.05. The fourth-order valence-electron chi connectivity index (χ4n) is 0.239. The first kappa shape index (κ1) is 9.43. The van der Waals surface area contributed by atoms with Gasteiger partial charge in [-0.05, 0) is 0 Å². The van der Waals surface area contributed by atoms with Crippen LogP contribution in [-0.4, -0.2) is 14.3 Å². The third kappa shape index (κ3) is 4.32. The molecule has 2 atom stereocenters. The van der Waals surface area contributed by atoms with E-state index < -0.39 is 0 Å². The molecule has 0 rings (SSSR count). The van der Waals surface area contributed by atoms with Gasteiger partial charge in [-0.1, -0.05) is 36.4 Å². The first-order valence-electron chi connectivity index (χ1n) is 2.54. The minimum atomic E-state index is 0.523. The predicted octanol–water partition coefficient (Wildman–Crippen LogP) is 2.82. The zero-order chi connectivity index (χ0) is 6.57. The third-order valence-corrected chi connectivity index (χ3v) is 3.79. The second-order valence-corrected chi connectivity index (χ2v) is 5.70. The van der Waals surface area contributed by atoms with E-state index in [1.165, 1.54) is 3.76 Å². The van der Waals surface area contributed by atoms with Crippen LogP contribution in [0.5, 0.6) is 0 Å². The molecule has 50 valence electrons. The molecule has 0 saturated carbocycles. The van der Waals surface area contributed by atoms with Crippen LogP contribution in [0.4, 0.5) is 0 Å². The van der Waals surface area contributed by atoms with Gasteiger partial charge in [0.15, 0.2) is 0 Å². The van der Waals surface area contributed by atoms with Gasteiger partial charge in [0.25, 0.3) is 0 Å². The average Bonchev–Trinajstić information content (AvgIpc) is 1.67. The van der Waals surface area contributed by atoms with E-state index in [1.54, 1.807) is 0 Å². The molecule has 0 aliphatic rings. The van der Waals surface area contributed by atoms with Crippen LogP contribution in [0.15, 0.2) is 0 Å². The Morgan fingerprint density at radius 2 is 2.12 bits per heavy atom. The van der Waals surface area contributed by atoms with Gasteiger partial charge in [-0.15, -0.1) is 11.8 Å². The summed E-state index contributed by atoms with van der Waals surface area (Å²) in [5.74, 6) is 0. The van der Waals surface area contributed by atoms with Gasteiger partial charge in [0.1, 0.15) is 0 Å². The molecule has 0 aliphatic carbocycles. The summed E-state index contributed by atoms with van der Waals surface area (Å²) >= 11 is 8.62. The van der Waals surface area contributed by atoms with E-state index >= 15 is 0 Å². The lowest BCUT2D eigenvalue weighted by molar-refractivity contribution is 0.936. The summed E-state index contributed by atoms with van der Waals surface area (Å²) in [5, 5.41) is 1.21. The quantitative estimate of drug-likeness (QED) is 0.463. The van der Waals surface area contributed by atoms with Crippen molar-refractivity contribution in [2.24, 2.45) is 0 Å². The summed E-state index contributed by atoms with van der Waals surface area (Å²) in [4.78, 5) is 0. The molecule has 0 bridgehead atoms. The Labute approximate surface area is 74.7 Å². The van der Waals surface area contributed by atoms with Gasteiger partial charge in [0.2, 0.25) is 0 Å². The number of alkyl halides is 1. The lowest BCUT2D eigenvalue weighted by atomic mass is 10.4. The summed E-state index contributed by atoms with van der Waals surface area (Å²) in [6, 6.07) is 0. The molecule has 3 heteroatoms. The molecule has 0 saturated heterocycles. The molecule has 0 aliphatic heterocycles. The average molecular weight is 262 g/mol. The van der Waals surface area contributed by atoms with Crippen molar-refractivity contribution < 1.29 is 0 Å². The molecule has 8 heavy (non-hydrogen) atoms. The van der Waals surface area contributed by atoms with Gasteiger partial charge in [-0.25, -0.2) is 0 Å². The molecule has 0 heterocycles. The molecule has 0 N–H and O–H groups in total. The molecule has 0 aromatic heterocycles. The van der Waals surface area contributed by atoms with Crippen LogP contribution >= 0.6 is 47.0 Å².